The van der Waals surface area contributed by atoms with Gasteiger partial charge in [-0.05, 0) is 52.0 Å². The Balaban J connectivity index is 2.05. The number of hydrogen-bond acceptors (Lipinski definition) is 1. The number of rotatable bonds is 2. The summed E-state index contributed by atoms with van der Waals surface area (Å²) in [7, 11) is 0. The van der Waals surface area contributed by atoms with E-state index in [2.05, 4.69) is 38.3 Å². The van der Waals surface area contributed by atoms with E-state index in [9.17, 15) is 9.18 Å². The second-order valence-electron chi connectivity index (χ2n) is 7.21. The van der Waals surface area contributed by atoms with Crippen LogP contribution in [-0.4, -0.2) is 23.0 Å². The van der Waals surface area contributed by atoms with E-state index in [4.69, 9.17) is 0 Å². The summed E-state index contributed by atoms with van der Waals surface area (Å²) < 4.78 is 12.9. The summed E-state index contributed by atoms with van der Waals surface area (Å²) in [6.45, 7) is 8.80. The predicted octanol–water partition coefficient (Wildman–Crippen LogP) is 1.84. The van der Waals surface area contributed by atoms with Crippen LogP contribution in [0.1, 0.15) is 50.9 Å². The van der Waals surface area contributed by atoms with Crippen molar-refractivity contribution in [1.82, 2.24) is 5.32 Å². The molecule has 0 radical (unpaired) electrons. The average Bonchev–Trinajstić information content (AvgIpc) is 2.25. The number of nitrogens with one attached hydrogen (secondary N) is 1. The maximum Gasteiger partial charge on any atom is 0.251 e. The normalized spacial score (nSPS) is 21.4. The van der Waals surface area contributed by atoms with Crippen molar-refractivity contribution < 1.29 is 14.5 Å². The van der Waals surface area contributed by atoms with Gasteiger partial charge < -0.3 is 10.6 Å². The highest BCUT2D eigenvalue weighted by Crippen LogP contribution is 2.22. The summed E-state index contributed by atoms with van der Waals surface area (Å²) in [4.78, 5) is 12.2. The first-order valence-corrected chi connectivity index (χ1v) is 7.10. The standard InChI is InChI=1S/C16H23FN2O/c1-15(2)9-13(10-16(3,4)19-15)18-14(20)11-5-7-12(17)8-6-11/h5-8,13,19H,9-10H2,1-4H3,(H,18,20)/p+1. The van der Waals surface area contributed by atoms with Gasteiger partial charge in [-0.3, -0.25) is 4.79 Å². The van der Waals surface area contributed by atoms with Crippen molar-refractivity contribution in [2.45, 2.75) is 57.7 Å². The second-order valence-corrected chi connectivity index (χ2v) is 7.21. The summed E-state index contributed by atoms with van der Waals surface area (Å²) in [6, 6.07) is 5.84. The van der Waals surface area contributed by atoms with Crippen molar-refractivity contribution in [3.63, 3.8) is 0 Å². The third-order valence-electron chi connectivity index (χ3n) is 3.77. The molecule has 110 valence electrons. The van der Waals surface area contributed by atoms with Crippen molar-refractivity contribution in [2.24, 2.45) is 0 Å². The van der Waals surface area contributed by atoms with Crippen LogP contribution in [-0.2, 0) is 0 Å². The summed E-state index contributed by atoms with van der Waals surface area (Å²) >= 11 is 0. The fraction of sp³-hybridized carbons (Fsp3) is 0.562. The van der Waals surface area contributed by atoms with E-state index in [0.717, 1.165) is 12.8 Å². The lowest BCUT2D eigenvalue weighted by Crippen LogP contribution is -3.06. The molecule has 1 aliphatic rings. The van der Waals surface area contributed by atoms with E-state index >= 15 is 0 Å². The van der Waals surface area contributed by atoms with Crippen LogP contribution in [0.4, 0.5) is 4.39 Å². The Morgan fingerprint density at radius 2 is 1.65 bits per heavy atom. The fourth-order valence-electron chi connectivity index (χ4n) is 3.49. The Morgan fingerprint density at radius 3 is 2.15 bits per heavy atom. The van der Waals surface area contributed by atoms with E-state index in [1.165, 1.54) is 24.3 Å². The molecule has 0 aliphatic carbocycles. The quantitative estimate of drug-likeness (QED) is 0.852. The highest BCUT2D eigenvalue weighted by molar-refractivity contribution is 5.94. The number of halogens is 1. The minimum atomic E-state index is -0.323. The predicted molar refractivity (Wildman–Crippen MR) is 77.0 cm³/mol. The van der Waals surface area contributed by atoms with Gasteiger partial charge in [-0.25, -0.2) is 4.39 Å². The Labute approximate surface area is 120 Å². The molecule has 0 spiro atoms. The van der Waals surface area contributed by atoms with E-state index < -0.39 is 0 Å². The highest BCUT2D eigenvalue weighted by Gasteiger charge is 2.42. The van der Waals surface area contributed by atoms with E-state index in [1.54, 1.807) is 0 Å². The molecule has 1 heterocycles. The zero-order chi connectivity index (χ0) is 15.0. The molecule has 0 atom stereocenters. The molecule has 1 fully saturated rings. The number of quaternary nitrogens is 1. The largest absolute Gasteiger partial charge is 0.349 e. The zero-order valence-corrected chi connectivity index (χ0v) is 12.7. The van der Waals surface area contributed by atoms with Gasteiger partial charge in [0.05, 0.1) is 11.1 Å². The van der Waals surface area contributed by atoms with Gasteiger partial charge in [0.1, 0.15) is 5.82 Å². The lowest BCUT2D eigenvalue weighted by molar-refractivity contribution is -0.787. The summed E-state index contributed by atoms with van der Waals surface area (Å²) in [5.41, 5.74) is 0.738. The summed E-state index contributed by atoms with van der Waals surface area (Å²) in [6.07, 6.45) is 1.87. The number of hydrogen-bond donors (Lipinski definition) is 2. The Morgan fingerprint density at radius 1 is 1.15 bits per heavy atom. The van der Waals surface area contributed by atoms with Crippen molar-refractivity contribution in [1.29, 1.82) is 0 Å². The van der Waals surface area contributed by atoms with Gasteiger partial charge in [0.15, 0.2) is 0 Å². The Hall–Kier alpha value is -1.42. The monoisotopic (exact) mass is 279 g/mol. The third-order valence-corrected chi connectivity index (χ3v) is 3.77. The maximum atomic E-state index is 12.9. The number of piperidine rings is 1. The average molecular weight is 279 g/mol. The number of carbonyl (C=O) groups is 1. The van der Waals surface area contributed by atoms with Crippen molar-refractivity contribution >= 4 is 5.91 Å². The summed E-state index contributed by atoms with van der Waals surface area (Å²) in [5, 5.41) is 5.46. The second kappa shape index (κ2) is 5.17. The van der Waals surface area contributed by atoms with Gasteiger partial charge in [0.25, 0.3) is 5.91 Å². The number of nitrogens with two attached hydrogens (primary N) is 1. The van der Waals surface area contributed by atoms with Crippen LogP contribution in [0.25, 0.3) is 0 Å². The SMILES string of the molecule is CC1(C)CC(NC(=O)c2ccc(F)cc2)CC(C)(C)[NH2+]1. The number of benzene rings is 1. The Kier molecular flexibility index (Phi) is 3.87. The van der Waals surface area contributed by atoms with Crippen molar-refractivity contribution in [3.05, 3.63) is 35.6 Å². The number of amides is 1. The number of carbonyl (C=O) groups excluding carboxylic acids is 1. The van der Waals surface area contributed by atoms with Crippen LogP contribution < -0.4 is 10.6 Å². The third kappa shape index (κ3) is 3.79. The molecule has 1 aromatic rings. The molecule has 3 N–H and O–H groups in total. The summed E-state index contributed by atoms with van der Waals surface area (Å²) in [5.74, 6) is -0.445. The van der Waals surface area contributed by atoms with Crippen LogP contribution >= 0.6 is 0 Å². The van der Waals surface area contributed by atoms with Crippen molar-refractivity contribution in [3.8, 4) is 0 Å². The molecule has 3 nitrogen and oxygen atoms in total. The minimum Gasteiger partial charge on any atom is -0.349 e. The van der Waals surface area contributed by atoms with Gasteiger partial charge in [-0.15, -0.1) is 0 Å². The van der Waals surface area contributed by atoms with Gasteiger partial charge in [0.2, 0.25) is 0 Å². The van der Waals surface area contributed by atoms with Crippen LogP contribution in [0.15, 0.2) is 24.3 Å². The molecule has 1 saturated heterocycles. The smallest absolute Gasteiger partial charge is 0.251 e. The highest BCUT2D eigenvalue weighted by atomic mass is 19.1. The van der Waals surface area contributed by atoms with Gasteiger partial charge in [-0.2, -0.15) is 0 Å². The molecule has 2 rings (SSSR count). The molecule has 4 heteroatoms. The zero-order valence-electron chi connectivity index (χ0n) is 12.7. The fourth-order valence-corrected chi connectivity index (χ4v) is 3.49. The molecule has 1 amide bonds. The van der Waals surface area contributed by atoms with Crippen molar-refractivity contribution in [2.75, 3.05) is 0 Å². The van der Waals surface area contributed by atoms with Gasteiger partial charge in [0, 0.05) is 24.4 Å². The van der Waals surface area contributed by atoms with Crippen LogP contribution in [0.3, 0.4) is 0 Å². The maximum absolute atomic E-state index is 12.9. The van der Waals surface area contributed by atoms with E-state index in [-0.39, 0.29) is 28.8 Å². The molecule has 1 aliphatic heterocycles. The molecule has 0 bridgehead atoms. The van der Waals surface area contributed by atoms with Gasteiger partial charge in [-0.1, -0.05) is 0 Å². The topological polar surface area (TPSA) is 45.7 Å². The van der Waals surface area contributed by atoms with Crippen LogP contribution in [0, 0.1) is 5.82 Å². The lowest BCUT2D eigenvalue weighted by atomic mass is 9.79. The van der Waals surface area contributed by atoms with E-state index in [1.807, 2.05) is 0 Å². The van der Waals surface area contributed by atoms with Crippen LogP contribution in [0.5, 0.6) is 0 Å². The Bertz CT molecular complexity index is 478. The van der Waals surface area contributed by atoms with Crippen LogP contribution in [0.2, 0.25) is 0 Å². The lowest BCUT2D eigenvalue weighted by Gasteiger charge is -2.43. The molecule has 0 saturated carbocycles. The van der Waals surface area contributed by atoms with Gasteiger partial charge >= 0.3 is 0 Å². The minimum absolute atomic E-state index is 0.114. The molecule has 0 unspecified atom stereocenters. The molecular weight excluding hydrogens is 255 g/mol. The first kappa shape index (κ1) is 15.0. The molecule has 1 aromatic carbocycles. The first-order chi connectivity index (χ1) is 9.17. The first-order valence-electron chi connectivity index (χ1n) is 7.10. The van der Waals surface area contributed by atoms with E-state index in [0.29, 0.717) is 5.56 Å². The molecule has 20 heavy (non-hydrogen) atoms. The molecule has 0 aromatic heterocycles. The molecular formula is C16H24FN2O+.